The van der Waals surface area contributed by atoms with Crippen LogP contribution in [-0.4, -0.2) is 17.9 Å². The molecule has 0 aliphatic rings. The van der Waals surface area contributed by atoms with Crippen molar-refractivity contribution in [1.82, 2.24) is 4.98 Å². The highest BCUT2D eigenvalue weighted by Crippen LogP contribution is 2.15. The van der Waals surface area contributed by atoms with Gasteiger partial charge < -0.3 is 4.90 Å². The van der Waals surface area contributed by atoms with Crippen molar-refractivity contribution in [2.45, 2.75) is 0 Å². The Morgan fingerprint density at radius 2 is 1.82 bits per heavy atom. The van der Waals surface area contributed by atoms with Gasteiger partial charge in [0.2, 0.25) is 0 Å². The molecule has 1 heterocycles. The maximum Gasteiger partial charge on any atom is 0.260 e. The zero-order valence-corrected chi connectivity index (χ0v) is 9.30. The van der Waals surface area contributed by atoms with Gasteiger partial charge in [0.15, 0.2) is 0 Å². The highest BCUT2D eigenvalue weighted by Gasteiger charge is 2.16. The van der Waals surface area contributed by atoms with Crippen LogP contribution in [0, 0.1) is 5.82 Å². The molecule has 0 aliphatic heterocycles. The Morgan fingerprint density at radius 1 is 1.18 bits per heavy atom. The number of rotatable bonds is 2. The summed E-state index contributed by atoms with van der Waals surface area (Å²) in [7, 11) is 1.60. The summed E-state index contributed by atoms with van der Waals surface area (Å²) in [6.45, 7) is 0. The summed E-state index contributed by atoms with van der Waals surface area (Å²) in [5.74, 6) is -0.896. The fourth-order valence-electron chi connectivity index (χ4n) is 1.50. The lowest BCUT2D eigenvalue weighted by Gasteiger charge is -2.17. The predicted octanol–water partition coefficient (Wildman–Crippen LogP) is 2.50. The van der Waals surface area contributed by atoms with E-state index >= 15 is 0 Å². The molecule has 4 heteroatoms. The Kier molecular flexibility index (Phi) is 3.14. The summed E-state index contributed by atoms with van der Waals surface area (Å²) in [5.41, 5.74) is 0.736. The van der Waals surface area contributed by atoms with E-state index in [0.29, 0.717) is 5.69 Å². The summed E-state index contributed by atoms with van der Waals surface area (Å²) in [5, 5.41) is 0. The fraction of sp³-hybridized carbons (Fsp3) is 0.0769. The van der Waals surface area contributed by atoms with Crippen molar-refractivity contribution < 1.29 is 9.18 Å². The number of anilines is 1. The number of hydrogen-bond donors (Lipinski definition) is 0. The summed E-state index contributed by atoms with van der Waals surface area (Å²) in [6.07, 6.45) is 3.17. The molecule has 0 saturated heterocycles. The molecule has 0 saturated carbocycles. The van der Waals surface area contributed by atoms with E-state index in [-0.39, 0.29) is 11.5 Å². The van der Waals surface area contributed by atoms with E-state index in [0.717, 1.165) is 0 Å². The largest absolute Gasteiger partial charge is 0.311 e. The molecule has 1 aromatic carbocycles. The lowest BCUT2D eigenvalue weighted by atomic mass is 10.2. The molecule has 0 atom stereocenters. The van der Waals surface area contributed by atoms with Gasteiger partial charge in [-0.2, -0.15) is 0 Å². The predicted molar refractivity (Wildman–Crippen MR) is 63.4 cm³/mol. The van der Waals surface area contributed by atoms with Gasteiger partial charge in [-0.15, -0.1) is 0 Å². The molecule has 0 bridgehead atoms. The standard InChI is InChI=1S/C13H11FN2O/c1-16(10-6-8-15-9-7-10)13(17)11-4-2-3-5-12(11)14/h2-9H,1H3. The number of carbonyl (C=O) groups is 1. The molecule has 0 N–H and O–H groups in total. The highest BCUT2D eigenvalue weighted by molar-refractivity contribution is 6.05. The van der Waals surface area contributed by atoms with Gasteiger partial charge in [-0.25, -0.2) is 4.39 Å². The van der Waals surface area contributed by atoms with Crippen LogP contribution < -0.4 is 4.90 Å². The van der Waals surface area contributed by atoms with Gasteiger partial charge in [0, 0.05) is 25.1 Å². The molecule has 2 rings (SSSR count). The number of nitrogens with zero attached hydrogens (tertiary/aromatic N) is 2. The van der Waals surface area contributed by atoms with Crippen LogP contribution in [0.3, 0.4) is 0 Å². The second-order valence-electron chi connectivity index (χ2n) is 3.55. The number of pyridine rings is 1. The second kappa shape index (κ2) is 4.74. The molecule has 3 nitrogen and oxygen atoms in total. The third kappa shape index (κ3) is 2.30. The van der Waals surface area contributed by atoms with Gasteiger partial charge in [-0.05, 0) is 24.3 Å². The van der Waals surface area contributed by atoms with Crippen LogP contribution in [0.25, 0.3) is 0 Å². The zero-order chi connectivity index (χ0) is 12.3. The summed E-state index contributed by atoms with van der Waals surface area (Å²) >= 11 is 0. The Balaban J connectivity index is 2.30. The molecule has 1 amide bonds. The summed E-state index contributed by atoms with van der Waals surface area (Å²) < 4.78 is 13.5. The Labute approximate surface area is 98.5 Å². The Hall–Kier alpha value is -2.23. The first-order valence-corrected chi connectivity index (χ1v) is 5.13. The molecule has 0 unspecified atom stereocenters. The van der Waals surface area contributed by atoms with E-state index in [1.54, 1.807) is 43.7 Å². The van der Waals surface area contributed by atoms with E-state index in [9.17, 15) is 9.18 Å². The highest BCUT2D eigenvalue weighted by atomic mass is 19.1. The smallest absolute Gasteiger partial charge is 0.260 e. The van der Waals surface area contributed by atoms with Gasteiger partial charge in [-0.3, -0.25) is 9.78 Å². The number of benzene rings is 1. The maximum atomic E-state index is 13.5. The first kappa shape index (κ1) is 11.3. The molecule has 2 aromatic rings. The SMILES string of the molecule is CN(C(=O)c1ccccc1F)c1ccncc1. The van der Waals surface area contributed by atoms with E-state index < -0.39 is 5.82 Å². The molecular formula is C13H11FN2O. The molecule has 0 aliphatic carbocycles. The van der Waals surface area contributed by atoms with Gasteiger partial charge in [-0.1, -0.05) is 12.1 Å². The van der Waals surface area contributed by atoms with Gasteiger partial charge in [0.1, 0.15) is 5.82 Å². The maximum absolute atomic E-state index is 13.5. The minimum atomic E-state index is -0.515. The average Bonchev–Trinajstić information content (AvgIpc) is 2.39. The third-order valence-corrected chi connectivity index (χ3v) is 2.46. The monoisotopic (exact) mass is 230 g/mol. The molecular weight excluding hydrogens is 219 g/mol. The first-order chi connectivity index (χ1) is 8.20. The minimum absolute atomic E-state index is 0.0619. The lowest BCUT2D eigenvalue weighted by molar-refractivity contribution is 0.0989. The van der Waals surface area contributed by atoms with E-state index in [2.05, 4.69) is 4.98 Å². The normalized spacial score (nSPS) is 10.0. The van der Waals surface area contributed by atoms with Crippen LogP contribution >= 0.6 is 0 Å². The fourth-order valence-corrected chi connectivity index (χ4v) is 1.50. The van der Waals surface area contributed by atoms with E-state index in [4.69, 9.17) is 0 Å². The first-order valence-electron chi connectivity index (χ1n) is 5.13. The molecule has 17 heavy (non-hydrogen) atoms. The third-order valence-electron chi connectivity index (χ3n) is 2.46. The van der Waals surface area contributed by atoms with Gasteiger partial charge in [0.25, 0.3) is 5.91 Å². The molecule has 86 valence electrons. The molecule has 0 spiro atoms. The van der Waals surface area contributed by atoms with Crippen molar-refractivity contribution in [3.05, 3.63) is 60.2 Å². The lowest BCUT2D eigenvalue weighted by Crippen LogP contribution is -2.27. The van der Waals surface area contributed by atoms with Crippen LogP contribution in [0.4, 0.5) is 10.1 Å². The number of amides is 1. The zero-order valence-electron chi connectivity index (χ0n) is 9.30. The van der Waals surface area contributed by atoms with Crippen molar-refractivity contribution in [1.29, 1.82) is 0 Å². The van der Waals surface area contributed by atoms with Crippen molar-refractivity contribution in [3.8, 4) is 0 Å². The van der Waals surface area contributed by atoms with E-state index in [1.165, 1.54) is 17.0 Å². The molecule has 0 radical (unpaired) electrons. The summed E-state index contributed by atoms with van der Waals surface area (Å²) in [4.78, 5) is 17.3. The van der Waals surface area contributed by atoms with Crippen molar-refractivity contribution in [2.75, 3.05) is 11.9 Å². The van der Waals surface area contributed by atoms with Crippen LogP contribution in [-0.2, 0) is 0 Å². The van der Waals surface area contributed by atoms with Crippen LogP contribution in [0.1, 0.15) is 10.4 Å². The van der Waals surface area contributed by atoms with Crippen LogP contribution in [0.2, 0.25) is 0 Å². The number of hydrogen-bond acceptors (Lipinski definition) is 2. The quantitative estimate of drug-likeness (QED) is 0.794. The average molecular weight is 230 g/mol. The Morgan fingerprint density at radius 3 is 2.47 bits per heavy atom. The van der Waals surface area contributed by atoms with Gasteiger partial charge >= 0.3 is 0 Å². The van der Waals surface area contributed by atoms with Crippen LogP contribution in [0.5, 0.6) is 0 Å². The van der Waals surface area contributed by atoms with Crippen LogP contribution in [0.15, 0.2) is 48.8 Å². The van der Waals surface area contributed by atoms with Crippen molar-refractivity contribution >= 4 is 11.6 Å². The topological polar surface area (TPSA) is 33.2 Å². The van der Waals surface area contributed by atoms with Crippen molar-refractivity contribution in [3.63, 3.8) is 0 Å². The minimum Gasteiger partial charge on any atom is -0.311 e. The number of halogens is 1. The summed E-state index contributed by atoms with van der Waals surface area (Å²) in [6, 6.07) is 9.32. The second-order valence-corrected chi connectivity index (χ2v) is 3.55. The number of carbonyl (C=O) groups excluding carboxylic acids is 1. The molecule has 1 aromatic heterocycles. The Bertz CT molecular complexity index is 528. The van der Waals surface area contributed by atoms with Gasteiger partial charge in [0.05, 0.1) is 5.56 Å². The van der Waals surface area contributed by atoms with Crippen molar-refractivity contribution in [2.24, 2.45) is 0 Å². The van der Waals surface area contributed by atoms with E-state index in [1.807, 2.05) is 0 Å². The number of aromatic nitrogens is 1. The molecule has 0 fully saturated rings.